The van der Waals surface area contributed by atoms with Gasteiger partial charge in [0.1, 0.15) is 16.8 Å². The summed E-state index contributed by atoms with van der Waals surface area (Å²) < 4.78 is 18.0. The van der Waals surface area contributed by atoms with E-state index >= 15 is 0 Å². The highest BCUT2D eigenvalue weighted by Gasteiger charge is 2.73. The highest BCUT2D eigenvalue weighted by molar-refractivity contribution is 5.88. The van der Waals surface area contributed by atoms with E-state index in [0.717, 1.165) is 127 Å². The molecule has 0 aromatic carbocycles. The molecule has 0 aromatic rings. The van der Waals surface area contributed by atoms with Crippen molar-refractivity contribution in [2.24, 2.45) is 107 Å². The summed E-state index contributed by atoms with van der Waals surface area (Å²) >= 11 is 0. The topological polar surface area (TPSA) is 78.9 Å². The number of carbonyl (C=O) groups is 3. The van der Waals surface area contributed by atoms with E-state index in [-0.39, 0.29) is 34.7 Å². The Balaban J connectivity index is 0.000000108. The Kier molecular flexibility index (Phi) is 9.88. The van der Waals surface area contributed by atoms with Crippen LogP contribution < -0.4 is 0 Å². The Labute approximate surface area is 355 Å². The first-order chi connectivity index (χ1) is 28.2. The Morgan fingerprint density at radius 1 is 0.424 bits per heavy atom. The summed E-state index contributed by atoms with van der Waals surface area (Å²) in [5.74, 6) is 15.5. The first-order valence-corrected chi connectivity index (χ1v) is 24.8. The second-order valence-corrected chi connectivity index (χ2v) is 23.2. The summed E-state index contributed by atoms with van der Waals surface area (Å²) in [5, 5.41) is 0. The standard InChI is InChI=1S/C20H28O2.C18H26O2.C15H22O2/c1-4-20(22-19(21)10(2)3)9-11-7-16(20)18-15-8-14(17(11)18)12-5-6-13(12)15;1-4-18(20-17(19)10(2)3)9-13-8-14(18)16-12-6-5-11(7-12)15(13)16;1-4-15(17-14(16)9(2)3)8-10-7-13(15)12-6-5-11(10)12/h11-18H,2,4-9H2,1,3H3;11-16H,2,4-9H2,1,3H3;10-13H,2,4-8H2,1,3H3. The lowest BCUT2D eigenvalue weighted by Crippen LogP contribution is -2.51. The molecule has 21 unspecified atom stereocenters. The smallest absolute Gasteiger partial charge is 0.333 e. The molecule has 21 atom stereocenters. The lowest BCUT2D eigenvalue weighted by atomic mass is 9.54. The maximum absolute atomic E-state index is 12.2. The minimum atomic E-state index is -0.185. The number of ether oxygens (including phenoxy) is 3. The van der Waals surface area contributed by atoms with Crippen LogP contribution in [0.25, 0.3) is 0 Å². The van der Waals surface area contributed by atoms with E-state index in [0.29, 0.717) is 34.5 Å². The predicted molar refractivity (Wildman–Crippen MR) is 229 cm³/mol. The van der Waals surface area contributed by atoms with E-state index in [1.807, 2.05) is 0 Å². The summed E-state index contributed by atoms with van der Waals surface area (Å²) in [5.41, 5.74) is 1.16. The molecule has 0 radical (unpaired) electrons. The van der Waals surface area contributed by atoms with Crippen molar-refractivity contribution in [1.82, 2.24) is 0 Å². The lowest BCUT2D eigenvalue weighted by molar-refractivity contribution is -0.171. The second kappa shape index (κ2) is 14.3. The van der Waals surface area contributed by atoms with E-state index in [1.54, 1.807) is 20.8 Å². The average molecular weight is 809 g/mol. The van der Waals surface area contributed by atoms with Crippen molar-refractivity contribution in [3.63, 3.8) is 0 Å². The van der Waals surface area contributed by atoms with Crippen molar-refractivity contribution in [3.8, 4) is 0 Å². The van der Waals surface area contributed by atoms with Gasteiger partial charge in [-0.1, -0.05) is 40.5 Å². The van der Waals surface area contributed by atoms with Gasteiger partial charge in [-0.2, -0.15) is 0 Å². The maximum atomic E-state index is 12.2. The van der Waals surface area contributed by atoms with Crippen LogP contribution >= 0.6 is 0 Å². The molecular weight excluding hydrogens is 733 g/mol. The predicted octanol–water partition coefficient (Wildman–Crippen LogP) is 11.5. The monoisotopic (exact) mass is 809 g/mol. The summed E-state index contributed by atoms with van der Waals surface area (Å²) in [7, 11) is 0. The largest absolute Gasteiger partial charge is 0.455 e. The fourth-order valence-electron chi connectivity index (χ4n) is 19.0. The van der Waals surface area contributed by atoms with Crippen LogP contribution in [0.1, 0.15) is 151 Å². The third-order valence-corrected chi connectivity index (χ3v) is 21.3. The number of fused-ring (bicyclic) bond motifs is 26. The molecule has 0 spiro atoms. The normalized spacial score (nSPS) is 51.8. The second-order valence-electron chi connectivity index (χ2n) is 23.2. The molecule has 0 heterocycles. The van der Waals surface area contributed by atoms with Gasteiger partial charge in [0.15, 0.2) is 0 Å². The van der Waals surface area contributed by atoms with Gasteiger partial charge >= 0.3 is 17.9 Å². The van der Waals surface area contributed by atoms with Gasteiger partial charge in [-0.3, -0.25) is 0 Å². The zero-order chi connectivity index (χ0) is 41.5. The van der Waals surface area contributed by atoms with Gasteiger partial charge < -0.3 is 14.2 Å². The molecule has 12 saturated carbocycles. The van der Waals surface area contributed by atoms with Crippen molar-refractivity contribution in [2.75, 3.05) is 0 Å². The van der Waals surface area contributed by atoms with Crippen molar-refractivity contribution in [2.45, 2.75) is 167 Å². The molecule has 6 nitrogen and oxygen atoms in total. The van der Waals surface area contributed by atoms with Crippen molar-refractivity contribution in [3.05, 3.63) is 36.5 Å². The van der Waals surface area contributed by atoms with E-state index in [9.17, 15) is 14.4 Å². The molecule has 10 bridgehead atoms. The number of hydrogen-bond donors (Lipinski definition) is 0. The molecule has 0 aliphatic heterocycles. The molecule has 0 amide bonds. The zero-order valence-corrected chi connectivity index (χ0v) is 37.5. The van der Waals surface area contributed by atoms with E-state index in [2.05, 4.69) is 40.5 Å². The molecule has 6 heteroatoms. The van der Waals surface area contributed by atoms with Crippen LogP contribution in [0.5, 0.6) is 0 Å². The fraction of sp³-hybridized carbons (Fsp3) is 0.830. The van der Waals surface area contributed by atoms with Crippen molar-refractivity contribution in [1.29, 1.82) is 0 Å². The maximum Gasteiger partial charge on any atom is 0.333 e. The van der Waals surface area contributed by atoms with Crippen molar-refractivity contribution < 1.29 is 28.6 Å². The van der Waals surface area contributed by atoms with Gasteiger partial charge in [-0.15, -0.1) is 0 Å². The quantitative estimate of drug-likeness (QED) is 0.0999. The SMILES string of the molecule is C=C(C)C(=O)OC1(CC)CC2CC1C1C3CC(C4CCC43)C21.C=C(C)C(=O)OC1(CC)CC2CC1C1C3CCC(C3)C21.C=C(C)C(=O)OC1(CC)CC2CC1C1CCC21. The van der Waals surface area contributed by atoms with Crippen LogP contribution in [0.4, 0.5) is 0 Å². The molecule has 12 fully saturated rings. The third kappa shape index (κ3) is 5.83. The highest BCUT2D eigenvalue weighted by atomic mass is 16.6. The average Bonchev–Trinajstić information content (AvgIpc) is 4.04. The Morgan fingerprint density at radius 2 is 0.831 bits per heavy atom. The van der Waals surface area contributed by atoms with Gasteiger partial charge in [-0.05, 0) is 219 Å². The van der Waals surface area contributed by atoms with Crippen LogP contribution in [0.3, 0.4) is 0 Å². The lowest BCUT2D eigenvalue weighted by Gasteiger charge is -2.52. The summed E-state index contributed by atoms with van der Waals surface area (Å²) in [6, 6.07) is 0. The summed E-state index contributed by atoms with van der Waals surface area (Å²) in [4.78, 5) is 36.1. The first-order valence-electron chi connectivity index (χ1n) is 24.8. The molecule has 0 saturated heterocycles. The van der Waals surface area contributed by atoms with Gasteiger partial charge in [0.2, 0.25) is 0 Å². The van der Waals surface area contributed by atoms with Crippen LogP contribution in [0.2, 0.25) is 0 Å². The molecule has 12 aliphatic rings. The molecule has 0 N–H and O–H groups in total. The Morgan fingerprint density at radius 3 is 1.29 bits per heavy atom. The zero-order valence-electron chi connectivity index (χ0n) is 37.5. The molecule has 0 aromatic heterocycles. The number of carbonyl (C=O) groups excluding carboxylic acids is 3. The van der Waals surface area contributed by atoms with E-state index in [1.165, 1.54) is 70.6 Å². The van der Waals surface area contributed by atoms with E-state index < -0.39 is 0 Å². The van der Waals surface area contributed by atoms with Crippen LogP contribution in [-0.4, -0.2) is 34.7 Å². The van der Waals surface area contributed by atoms with Gasteiger partial charge in [-0.25, -0.2) is 14.4 Å². The fourth-order valence-corrected chi connectivity index (χ4v) is 19.0. The third-order valence-electron chi connectivity index (χ3n) is 21.3. The van der Waals surface area contributed by atoms with Crippen LogP contribution in [0.15, 0.2) is 36.5 Å². The number of hydrogen-bond acceptors (Lipinski definition) is 6. The molecule has 12 rings (SSSR count). The Bertz CT molecular complexity index is 1790. The van der Waals surface area contributed by atoms with Gasteiger partial charge in [0, 0.05) is 34.5 Å². The van der Waals surface area contributed by atoms with Gasteiger partial charge in [0.25, 0.3) is 0 Å². The molecule has 59 heavy (non-hydrogen) atoms. The minimum absolute atomic E-state index is 0.151. The first kappa shape index (κ1) is 40.7. The summed E-state index contributed by atoms with van der Waals surface area (Å²) in [6.45, 7) is 23.1. The van der Waals surface area contributed by atoms with Crippen LogP contribution in [0, 0.1) is 107 Å². The number of rotatable bonds is 9. The van der Waals surface area contributed by atoms with Crippen LogP contribution in [-0.2, 0) is 28.6 Å². The molecule has 324 valence electrons. The summed E-state index contributed by atoms with van der Waals surface area (Å²) in [6.07, 6.45) is 21.9. The highest BCUT2D eigenvalue weighted by Crippen LogP contribution is 2.76. The Hall–Kier alpha value is -2.37. The number of esters is 3. The van der Waals surface area contributed by atoms with E-state index in [4.69, 9.17) is 14.2 Å². The minimum Gasteiger partial charge on any atom is -0.455 e. The molecular formula is C53H76O6. The van der Waals surface area contributed by atoms with Gasteiger partial charge in [0.05, 0.1) is 0 Å². The molecule has 12 aliphatic carbocycles. The van der Waals surface area contributed by atoms with Crippen molar-refractivity contribution >= 4 is 17.9 Å².